The Bertz CT molecular complexity index is 502. The van der Waals surface area contributed by atoms with Crippen LogP contribution in [0.5, 0.6) is 5.75 Å². The maximum Gasteiger partial charge on any atom is 0.217 e. The Kier molecular flexibility index (Phi) is 3.26. The van der Waals surface area contributed by atoms with Gasteiger partial charge in [0.25, 0.3) is 0 Å². The molecular formula is C11H9Cl2NO3. The summed E-state index contributed by atoms with van der Waals surface area (Å²) in [6.45, 7) is 1.45. The van der Waals surface area contributed by atoms with E-state index in [0.717, 1.165) is 0 Å². The van der Waals surface area contributed by atoms with Crippen LogP contribution in [-0.2, 0) is 4.79 Å². The molecule has 1 aromatic carbocycles. The first-order valence-electron chi connectivity index (χ1n) is 4.92. The fraction of sp³-hybridized carbons (Fsp3) is 0.273. The minimum absolute atomic E-state index is 0.101. The van der Waals surface area contributed by atoms with Gasteiger partial charge in [-0.15, -0.1) is 0 Å². The van der Waals surface area contributed by atoms with Crippen molar-refractivity contribution < 1.29 is 14.3 Å². The van der Waals surface area contributed by atoms with E-state index >= 15 is 0 Å². The van der Waals surface area contributed by atoms with Crippen molar-refractivity contribution >= 4 is 34.9 Å². The molecule has 1 N–H and O–H groups in total. The van der Waals surface area contributed by atoms with Crippen LogP contribution in [0.4, 0.5) is 0 Å². The third-order valence-corrected chi connectivity index (χ3v) is 3.11. The molecule has 1 atom stereocenters. The number of ketones is 1. The second-order valence-electron chi connectivity index (χ2n) is 3.69. The zero-order valence-electron chi connectivity index (χ0n) is 8.92. The molecule has 1 heterocycles. The van der Waals surface area contributed by atoms with E-state index in [2.05, 4.69) is 5.32 Å². The van der Waals surface area contributed by atoms with Gasteiger partial charge in [-0.05, 0) is 6.07 Å². The van der Waals surface area contributed by atoms with Gasteiger partial charge < -0.3 is 10.1 Å². The molecule has 0 saturated heterocycles. The first kappa shape index (κ1) is 12.2. The van der Waals surface area contributed by atoms with E-state index < -0.39 is 6.04 Å². The van der Waals surface area contributed by atoms with Crippen LogP contribution in [0.15, 0.2) is 12.1 Å². The topological polar surface area (TPSA) is 55.4 Å². The van der Waals surface area contributed by atoms with Crippen molar-refractivity contribution in [3.05, 3.63) is 27.7 Å². The van der Waals surface area contributed by atoms with Gasteiger partial charge in [0.2, 0.25) is 5.91 Å². The lowest BCUT2D eigenvalue weighted by atomic mass is 10.0. The summed E-state index contributed by atoms with van der Waals surface area (Å²) in [5, 5.41) is 3.13. The number of fused-ring (bicyclic) bond motifs is 1. The third kappa shape index (κ3) is 2.37. The van der Waals surface area contributed by atoms with Gasteiger partial charge in [-0.25, -0.2) is 0 Å². The van der Waals surface area contributed by atoms with E-state index in [1.165, 1.54) is 19.1 Å². The van der Waals surface area contributed by atoms with Crippen molar-refractivity contribution in [2.45, 2.75) is 13.0 Å². The molecule has 17 heavy (non-hydrogen) atoms. The zero-order valence-corrected chi connectivity index (χ0v) is 10.4. The number of hydrogen-bond acceptors (Lipinski definition) is 3. The first-order valence-corrected chi connectivity index (χ1v) is 5.68. The van der Waals surface area contributed by atoms with E-state index in [1.807, 2.05) is 0 Å². The molecule has 0 radical (unpaired) electrons. The normalized spacial score (nSPS) is 18.3. The molecular weight excluding hydrogens is 265 g/mol. The largest absolute Gasteiger partial charge is 0.490 e. The lowest BCUT2D eigenvalue weighted by Crippen LogP contribution is -2.46. The average molecular weight is 274 g/mol. The molecule has 0 bridgehead atoms. The number of benzene rings is 1. The molecule has 90 valence electrons. The molecule has 1 amide bonds. The molecule has 0 spiro atoms. The SMILES string of the molecule is CC(=O)NC1COc2cc(Cl)c(Cl)cc2C1=O. The van der Waals surface area contributed by atoms with Crippen LogP contribution in [0.3, 0.4) is 0 Å². The standard InChI is InChI=1S/C11H9Cl2NO3/c1-5(15)14-9-4-17-10-3-8(13)7(12)2-6(10)11(9)16/h2-3,9H,4H2,1H3,(H,14,15). The molecule has 1 aliphatic rings. The van der Waals surface area contributed by atoms with Crippen LogP contribution < -0.4 is 10.1 Å². The molecule has 1 unspecified atom stereocenters. The van der Waals surface area contributed by atoms with Crippen molar-refractivity contribution in [3.8, 4) is 5.75 Å². The van der Waals surface area contributed by atoms with Crippen LogP contribution in [-0.4, -0.2) is 24.3 Å². The second kappa shape index (κ2) is 4.55. The summed E-state index contributed by atoms with van der Waals surface area (Å²) in [4.78, 5) is 22.9. The van der Waals surface area contributed by atoms with Crippen molar-refractivity contribution in [2.24, 2.45) is 0 Å². The lowest BCUT2D eigenvalue weighted by molar-refractivity contribution is -0.119. The molecule has 0 aliphatic carbocycles. The Hall–Kier alpha value is -1.26. The fourth-order valence-corrected chi connectivity index (χ4v) is 1.95. The number of halogens is 2. The summed E-state index contributed by atoms with van der Waals surface area (Å²) >= 11 is 11.7. The molecule has 2 rings (SSSR count). The summed E-state index contributed by atoms with van der Waals surface area (Å²) in [7, 11) is 0. The third-order valence-electron chi connectivity index (χ3n) is 2.39. The maximum atomic E-state index is 12.0. The van der Waals surface area contributed by atoms with Crippen LogP contribution in [0, 0.1) is 0 Å². The summed E-state index contributed by atoms with van der Waals surface area (Å²) in [5.41, 5.74) is 0.337. The highest BCUT2D eigenvalue weighted by molar-refractivity contribution is 6.42. The Morgan fingerprint density at radius 3 is 2.71 bits per heavy atom. The number of hydrogen-bond donors (Lipinski definition) is 1. The highest BCUT2D eigenvalue weighted by Crippen LogP contribution is 2.33. The van der Waals surface area contributed by atoms with Gasteiger partial charge in [0.05, 0.1) is 15.6 Å². The van der Waals surface area contributed by atoms with Gasteiger partial charge in [0, 0.05) is 13.0 Å². The van der Waals surface area contributed by atoms with E-state index in [4.69, 9.17) is 27.9 Å². The van der Waals surface area contributed by atoms with Crippen LogP contribution >= 0.6 is 23.2 Å². The number of carbonyl (C=O) groups excluding carboxylic acids is 2. The van der Waals surface area contributed by atoms with E-state index in [9.17, 15) is 9.59 Å². The Morgan fingerprint density at radius 2 is 2.06 bits per heavy atom. The second-order valence-corrected chi connectivity index (χ2v) is 4.51. The zero-order chi connectivity index (χ0) is 12.6. The lowest BCUT2D eigenvalue weighted by Gasteiger charge is -2.24. The van der Waals surface area contributed by atoms with E-state index in [-0.39, 0.29) is 23.3 Å². The molecule has 6 heteroatoms. The number of nitrogens with one attached hydrogen (secondary N) is 1. The van der Waals surface area contributed by atoms with Crippen molar-refractivity contribution in [3.63, 3.8) is 0 Å². The molecule has 0 aromatic heterocycles. The van der Waals surface area contributed by atoms with Gasteiger partial charge >= 0.3 is 0 Å². The number of amides is 1. The van der Waals surface area contributed by atoms with E-state index in [1.54, 1.807) is 0 Å². The van der Waals surface area contributed by atoms with Crippen molar-refractivity contribution in [2.75, 3.05) is 6.61 Å². The molecule has 0 saturated carbocycles. The molecule has 1 aliphatic heterocycles. The Morgan fingerprint density at radius 1 is 1.41 bits per heavy atom. The highest BCUT2D eigenvalue weighted by Gasteiger charge is 2.30. The smallest absolute Gasteiger partial charge is 0.217 e. The highest BCUT2D eigenvalue weighted by atomic mass is 35.5. The van der Waals surface area contributed by atoms with E-state index in [0.29, 0.717) is 16.3 Å². The quantitative estimate of drug-likeness (QED) is 0.852. The minimum atomic E-state index is -0.669. The van der Waals surface area contributed by atoms with Crippen molar-refractivity contribution in [1.82, 2.24) is 5.32 Å². The van der Waals surface area contributed by atoms with Gasteiger partial charge in [-0.3, -0.25) is 9.59 Å². The minimum Gasteiger partial charge on any atom is -0.490 e. The average Bonchev–Trinajstić information content (AvgIpc) is 2.25. The number of ether oxygens (including phenoxy) is 1. The maximum absolute atomic E-state index is 12.0. The number of rotatable bonds is 1. The molecule has 4 nitrogen and oxygen atoms in total. The summed E-state index contributed by atoms with van der Waals surface area (Å²) in [6, 6.07) is 2.29. The van der Waals surface area contributed by atoms with Crippen LogP contribution in [0.1, 0.15) is 17.3 Å². The Labute approximate surface area is 108 Å². The molecule has 1 aromatic rings. The first-order chi connectivity index (χ1) is 7.99. The van der Waals surface area contributed by atoms with Gasteiger partial charge in [-0.2, -0.15) is 0 Å². The predicted octanol–water partition coefficient (Wildman–Crippen LogP) is 2.07. The summed E-state index contributed by atoms with van der Waals surface area (Å²) in [6.07, 6.45) is 0. The van der Waals surface area contributed by atoms with Gasteiger partial charge in [-0.1, -0.05) is 23.2 Å². The van der Waals surface area contributed by atoms with Crippen LogP contribution in [0.2, 0.25) is 10.0 Å². The van der Waals surface area contributed by atoms with Crippen LogP contribution in [0.25, 0.3) is 0 Å². The van der Waals surface area contributed by atoms with Gasteiger partial charge in [0.1, 0.15) is 18.4 Å². The van der Waals surface area contributed by atoms with Gasteiger partial charge in [0.15, 0.2) is 5.78 Å². The van der Waals surface area contributed by atoms with Crippen molar-refractivity contribution in [1.29, 1.82) is 0 Å². The number of carbonyl (C=O) groups is 2. The molecule has 0 fully saturated rings. The predicted molar refractivity (Wildman–Crippen MR) is 63.9 cm³/mol. The monoisotopic (exact) mass is 273 g/mol. The summed E-state index contributed by atoms with van der Waals surface area (Å²) < 4.78 is 5.36. The number of Topliss-reactive ketones (excluding diaryl/α,β-unsaturated/α-hetero) is 1. The summed E-state index contributed by atoms with van der Waals surface area (Å²) in [5.74, 6) is -0.110. The Balaban J connectivity index is 2.35. The fourth-order valence-electron chi connectivity index (χ4n) is 1.63.